The number of H-pyrrole nitrogens is 1. The number of carbonyl (C=O) groups is 1. The molecule has 0 saturated carbocycles. The van der Waals surface area contributed by atoms with Crippen LogP contribution in [0.1, 0.15) is 71.1 Å². The van der Waals surface area contributed by atoms with Gasteiger partial charge in [-0.2, -0.15) is 0 Å². The normalized spacial score (nSPS) is 11.1. The van der Waals surface area contributed by atoms with E-state index in [9.17, 15) is 9.59 Å². The van der Waals surface area contributed by atoms with Gasteiger partial charge in [0.2, 0.25) is 5.91 Å². The van der Waals surface area contributed by atoms with Crippen molar-refractivity contribution < 1.29 is 4.79 Å². The van der Waals surface area contributed by atoms with E-state index in [0.29, 0.717) is 33.7 Å². The Morgan fingerprint density at radius 1 is 0.838 bits per heavy atom. The van der Waals surface area contributed by atoms with Gasteiger partial charge in [-0.1, -0.05) is 105 Å². The van der Waals surface area contributed by atoms with Crippen LogP contribution in [0.15, 0.2) is 41.2 Å². The fraction of sp³-hybridized carbons (Fsp3) is 0.407. The van der Waals surface area contributed by atoms with E-state index in [0.717, 1.165) is 12.8 Å². The topological polar surface area (TPSA) is 78.9 Å². The number of rotatable bonds is 14. The van der Waals surface area contributed by atoms with Crippen LogP contribution in [0.3, 0.4) is 0 Å². The third kappa shape index (κ3) is 8.99. The standard InChI is InChI=1S/C27H32Cl4N4O2/c1-2-3-4-5-6-7-8-9-10-11-25(36)32-19-12-13-20(29)23(16-19)33-24-17-26(37)35(34-24)27-21(30)14-18(28)15-22(27)31/h12-17,33-34H,2-11H2,1H3,(H,32,36). The molecule has 0 radical (unpaired) electrons. The van der Waals surface area contributed by atoms with Gasteiger partial charge < -0.3 is 10.6 Å². The van der Waals surface area contributed by atoms with E-state index in [1.54, 1.807) is 18.2 Å². The molecule has 1 heterocycles. The first-order valence-electron chi connectivity index (χ1n) is 12.6. The van der Waals surface area contributed by atoms with Crippen molar-refractivity contribution in [2.24, 2.45) is 0 Å². The lowest BCUT2D eigenvalue weighted by molar-refractivity contribution is -0.116. The Morgan fingerprint density at radius 2 is 1.46 bits per heavy atom. The molecule has 0 fully saturated rings. The van der Waals surface area contributed by atoms with Gasteiger partial charge in [0.1, 0.15) is 11.5 Å². The summed E-state index contributed by atoms with van der Waals surface area (Å²) in [6, 6.07) is 9.49. The molecule has 3 rings (SSSR count). The Bertz CT molecular complexity index is 1230. The average molecular weight is 586 g/mol. The number of aromatic amines is 1. The van der Waals surface area contributed by atoms with E-state index in [1.807, 2.05) is 0 Å². The van der Waals surface area contributed by atoms with Crippen LogP contribution in [0.25, 0.3) is 5.69 Å². The van der Waals surface area contributed by atoms with Crippen LogP contribution in [0.4, 0.5) is 17.2 Å². The third-order valence-corrected chi connectivity index (χ3v) is 7.08. The summed E-state index contributed by atoms with van der Waals surface area (Å²) in [6.07, 6.45) is 11.3. The summed E-state index contributed by atoms with van der Waals surface area (Å²) >= 11 is 24.8. The van der Waals surface area contributed by atoms with Crippen molar-refractivity contribution in [1.82, 2.24) is 9.78 Å². The van der Waals surface area contributed by atoms with Crippen molar-refractivity contribution in [1.29, 1.82) is 0 Å². The first kappa shape index (κ1) is 29.4. The lowest BCUT2D eigenvalue weighted by Crippen LogP contribution is -2.14. The molecule has 6 nitrogen and oxygen atoms in total. The second-order valence-electron chi connectivity index (χ2n) is 9.01. The Morgan fingerprint density at radius 3 is 2.11 bits per heavy atom. The van der Waals surface area contributed by atoms with Crippen molar-refractivity contribution in [3.63, 3.8) is 0 Å². The first-order valence-corrected chi connectivity index (χ1v) is 14.1. The minimum atomic E-state index is -0.379. The Hall–Kier alpha value is -2.12. The molecule has 0 bridgehead atoms. The van der Waals surface area contributed by atoms with Gasteiger partial charge in [-0.25, -0.2) is 4.68 Å². The van der Waals surface area contributed by atoms with Crippen molar-refractivity contribution in [2.45, 2.75) is 71.1 Å². The first-order chi connectivity index (χ1) is 17.8. The van der Waals surface area contributed by atoms with Crippen LogP contribution in [-0.4, -0.2) is 15.7 Å². The highest BCUT2D eigenvalue weighted by Gasteiger charge is 2.15. The van der Waals surface area contributed by atoms with Crippen LogP contribution in [-0.2, 0) is 4.79 Å². The molecule has 0 unspecified atom stereocenters. The van der Waals surface area contributed by atoms with Crippen LogP contribution < -0.4 is 16.2 Å². The Balaban J connectivity index is 1.55. The second kappa shape index (κ2) is 14.7. The van der Waals surface area contributed by atoms with E-state index >= 15 is 0 Å². The van der Waals surface area contributed by atoms with Crippen molar-refractivity contribution in [3.05, 3.63) is 66.8 Å². The highest BCUT2D eigenvalue weighted by atomic mass is 35.5. The van der Waals surface area contributed by atoms with Gasteiger partial charge in [0.05, 0.1) is 20.8 Å². The molecule has 200 valence electrons. The predicted molar refractivity (Wildman–Crippen MR) is 157 cm³/mol. The number of aromatic nitrogens is 2. The molecule has 1 amide bonds. The van der Waals surface area contributed by atoms with Gasteiger partial charge in [0, 0.05) is 23.2 Å². The van der Waals surface area contributed by atoms with E-state index in [1.165, 1.54) is 67.8 Å². The highest BCUT2D eigenvalue weighted by Crippen LogP contribution is 2.32. The van der Waals surface area contributed by atoms with Gasteiger partial charge >= 0.3 is 0 Å². The molecule has 1 aromatic heterocycles. The maximum absolute atomic E-state index is 12.6. The zero-order valence-electron chi connectivity index (χ0n) is 20.8. The molecule has 10 heteroatoms. The van der Waals surface area contributed by atoms with Crippen molar-refractivity contribution in [3.8, 4) is 5.69 Å². The summed E-state index contributed by atoms with van der Waals surface area (Å²) < 4.78 is 1.22. The molecule has 2 aromatic carbocycles. The molecule has 0 aliphatic carbocycles. The molecule has 0 aliphatic heterocycles. The molecule has 0 atom stereocenters. The van der Waals surface area contributed by atoms with E-state index < -0.39 is 0 Å². The minimum absolute atomic E-state index is 0.0391. The number of hydrogen-bond donors (Lipinski definition) is 3. The number of amides is 1. The number of anilines is 3. The third-order valence-electron chi connectivity index (χ3n) is 5.95. The summed E-state index contributed by atoms with van der Waals surface area (Å²) in [7, 11) is 0. The SMILES string of the molecule is CCCCCCCCCCCC(=O)Nc1ccc(Cl)c(Nc2cc(=O)n(-c3c(Cl)cc(Cl)cc3Cl)[nH]2)c1. The Kier molecular flexibility index (Phi) is 11.7. The molecular weight excluding hydrogens is 554 g/mol. The molecular formula is C27H32Cl4N4O2. The molecule has 3 N–H and O–H groups in total. The molecule has 0 saturated heterocycles. The number of hydrogen-bond acceptors (Lipinski definition) is 3. The second-order valence-corrected chi connectivity index (χ2v) is 10.7. The number of halogens is 4. The number of unbranched alkanes of at least 4 members (excludes halogenated alkanes) is 8. The Labute approximate surface area is 237 Å². The summed E-state index contributed by atoms with van der Waals surface area (Å²) in [5.41, 5.74) is 1.03. The number of carbonyl (C=O) groups excluding carboxylic acids is 1. The average Bonchev–Trinajstić information content (AvgIpc) is 3.19. The van der Waals surface area contributed by atoms with Gasteiger partial charge in [0.25, 0.3) is 5.56 Å². The monoisotopic (exact) mass is 584 g/mol. The van der Waals surface area contributed by atoms with E-state index in [-0.39, 0.29) is 27.2 Å². The molecule has 0 aliphatic rings. The lowest BCUT2D eigenvalue weighted by atomic mass is 10.1. The maximum Gasteiger partial charge on any atom is 0.273 e. The highest BCUT2D eigenvalue weighted by molar-refractivity contribution is 6.40. The van der Waals surface area contributed by atoms with E-state index in [2.05, 4.69) is 22.7 Å². The zero-order valence-corrected chi connectivity index (χ0v) is 23.8. The van der Waals surface area contributed by atoms with Crippen molar-refractivity contribution >= 4 is 69.5 Å². The van der Waals surface area contributed by atoms with Gasteiger partial charge in [-0.05, 0) is 36.8 Å². The summed E-state index contributed by atoms with van der Waals surface area (Å²) in [5.74, 6) is 0.329. The zero-order chi connectivity index (χ0) is 26.8. The largest absolute Gasteiger partial charge is 0.339 e. The fourth-order valence-corrected chi connectivity index (χ4v) is 5.19. The number of benzene rings is 2. The van der Waals surface area contributed by atoms with Crippen molar-refractivity contribution in [2.75, 3.05) is 10.6 Å². The smallest absolute Gasteiger partial charge is 0.273 e. The maximum atomic E-state index is 12.6. The van der Waals surface area contributed by atoms with E-state index in [4.69, 9.17) is 46.4 Å². The molecule has 37 heavy (non-hydrogen) atoms. The minimum Gasteiger partial charge on any atom is -0.339 e. The fourth-order valence-electron chi connectivity index (χ4n) is 4.04. The van der Waals surface area contributed by atoms with Gasteiger partial charge in [-0.15, -0.1) is 0 Å². The summed E-state index contributed by atoms with van der Waals surface area (Å²) in [6.45, 7) is 2.23. The summed E-state index contributed by atoms with van der Waals surface area (Å²) in [5, 5.41) is 10.2. The van der Waals surface area contributed by atoms with Crippen LogP contribution in [0, 0.1) is 0 Å². The predicted octanol–water partition coefficient (Wildman–Crippen LogP) is 9.38. The molecule has 3 aromatic rings. The quantitative estimate of drug-likeness (QED) is 0.165. The van der Waals surface area contributed by atoms with Crippen LogP contribution >= 0.6 is 46.4 Å². The van der Waals surface area contributed by atoms with Gasteiger partial charge in [0.15, 0.2) is 0 Å². The van der Waals surface area contributed by atoms with Crippen LogP contribution in [0.5, 0.6) is 0 Å². The number of nitrogens with one attached hydrogen (secondary N) is 3. The van der Waals surface area contributed by atoms with Gasteiger partial charge in [-0.3, -0.25) is 14.7 Å². The van der Waals surface area contributed by atoms with Crippen LogP contribution in [0.2, 0.25) is 20.1 Å². The molecule has 0 spiro atoms. The number of nitrogens with zero attached hydrogens (tertiary/aromatic N) is 1. The summed E-state index contributed by atoms with van der Waals surface area (Å²) in [4.78, 5) is 25.0. The lowest BCUT2D eigenvalue weighted by Gasteiger charge is -2.11.